The van der Waals surface area contributed by atoms with Crippen LogP contribution in [0, 0.1) is 0 Å². The molecule has 1 N–H and O–H groups in total. The van der Waals surface area contributed by atoms with E-state index in [0.29, 0.717) is 5.92 Å². The van der Waals surface area contributed by atoms with Crippen LogP contribution in [-0.4, -0.2) is 26.5 Å². The first-order chi connectivity index (χ1) is 11.3. The van der Waals surface area contributed by atoms with E-state index >= 15 is 0 Å². The Bertz CT molecular complexity index is 496. The molecule has 3 unspecified atom stereocenters. The van der Waals surface area contributed by atoms with Gasteiger partial charge in [-0.25, -0.2) is 0 Å². The van der Waals surface area contributed by atoms with Gasteiger partial charge in [-0.3, -0.25) is 0 Å². The van der Waals surface area contributed by atoms with Crippen molar-refractivity contribution in [2.75, 3.05) is 20.2 Å². The monoisotopic (exact) mass is 317 g/mol. The van der Waals surface area contributed by atoms with Gasteiger partial charge in [-0.2, -0.15) is 0 Å². The van der Waals surface area contributed by atoms with Crippen LogP contribution in [0.5, 0.6) is 0 Å². The molecule has 1 fully saturated rings. The SMILES string of the molecule is CCCCCCC1c2ccccc2C2(CCCNC2)OC1OC. The lowest BCUT2D eigenvalue weighted by atomic mass is 9.76. The Balaban J connectivity index is 1.86. The number of nitrogens with one attached hydrogen (secondary N) is 1. The maximum atomic E-state index is 6.58. The highest BCUT2D eigenvalue weighted by Crippen LogP contribution is 2.46. The predicted octanol–water partition coefficient (Wildman–Crippen LogP) is 4.32. The Labute approximate surface area is 140 Å². The van der Waals surface area contributed by atoms with Crippen molar-refractivity contribution < 1.29 is 9.47 Å². The van der Waals surface area contributed by atoms with E-state index in [0.717, 1.165) is 32.4 Å². The van der Waals surface area contributed by atoms with Crippen LogP contribution in [0.4, 0.5) is 0 Å². The second-order valence-corrected chi connectivity index (χ2v) is 7.04. The fourth-order valence-corrected chi connectivity index (χ4v) is 4.25. The van der Waals surface area contributed by atoms with E-state index in [-0.39, 0.29) is 11.9 Å². The molecule has 1 aromatic carbocycles. The zero-order valence-corrected chi connectivity index (χ0v) is 14.6. The van der Waals surface area contributed by atoms with Crippen LogP contribution < -0.4 is 5.32 Å². The van der Waals surface area contributed by atoms with E-state index in [1.54, 1.807) is 7.11 Å². The molecule has 0 aromatic heterocycles. The van der Waals surface area contributed by atoms with Gasteiger partial charge in [-0.1, -0.05) is 56.9 Å². The second-order valence-electron chi connectivity index (χ2n) is 7.04. The topological polar surface area (TPSA) is 30.5 Å². The molecule has 1 saturated heterocycles. The second kappa shape index (κ2) is 7.78. The Morgan fingerprint density at radius 1 is 1.26 bits per heavy atom. The highest BCUT2D eigenvalue weighted by Gasteiger charge is 2.46. The standard InChI is InChI=1S/C20H31NO2/c1-3-4-5-6-11-17-16-10-7-8-12-18(16)20(23-19(17)22-2)13-9-14-21-15-20/h7-8,10,12,17,19,21H,3-6,9,11,13-15H2,1-2H3. The predicted molar refractivity (Wildman–Crippen MR) is 93.6 cm³/mol. The normalized spacial score (nSPS) is 30.3. The smallest absolute Gasteiger partial charge is 0.165 e. The Morgan fingerprint density at radius 2 is 2.13 bits per heavy atom. The van der Waals surface area contributed by atoms with Crippen molar-refractivity contribution in [2.45, 2.75) is 69.7 Å². The van der Waals surface area contributed by atoms with Crippen molar-refractivity contribution in [1.29, 1.82) is 0 Å². The first kappa shape index (κ1) is 16.9. The molecule has 0 amide bonds. The Morgan fingerprint density at radius 3 is 2.87 bits per heavy atom. The molecule has 23 heavy (non-hydrogen) atoms. The Hall–Kier alpha value is -0.900. The Kier molecular flexibility index (Phi) is 5.73. The summed E-state index contributed by atoms with van der Waals surface area (Å²) >= 11 is 0. The molecule has 0 bridgehead atoms. The van der Waals surface area contributed by atoms with E-state index in [9.17, 15) is 0 Å². The number of piperidine rings is 1. The van der Waals surface area contributed by atoms with Gasteiger partial charge in [0.1, 0.15) is 5.60 Å². The van der Waals surface area contributed by atoms with E-state index in [1.807, 2.05) is 0 Å². The van der Waals surface area contributed by atoms with Crippen LogP contribution >= 0.6 is 0 Å². The number of hydrogen-bond donors (Lipinski definition) is 1. The number of fused-ring (bicyclic) bond motifs is 2. The van der Waals surface area contributed by atoms with Gasteiger partial charge < -0.3 is 14.8 Å². The molecule has 3 nitrogen and oxygen atoms in total. The molecule has 3 rings (SSSR count). The van der Waals surface area contributed by atoms with Gasteiger partial charge in [-0.15, -0.1) is 0 Å². The van der Waals surface area contributed by atoms with Crippen LogP contribution in [0.15, 0.2) is 24.3 Å². The van der Waals surface area contributed by atoms with Crippen molar-refractivity contribution in [3.8, 4) is 0 Å². The maximum Gasteiger partial charge on any atom is 0.165 e. The number of unbranched alkanes of at least 4 members (excludes halogenated alkanes) is 3. The summed E-state index contributed by atoms with van der Waals surface area (Å²) in [5.74, 6) is 0.362. The van der Waals surface area contributed by atoms with E-state index < -0.39 is 0 Å². The van der Waals surface area contributed by atoms with Gasteiger partial charge >= 0.3 is 0 Å². The summed E-state index contributed by atoms with van der Waals surface area (Å²) in [6.07, 6.45) is 8.43. The minimum atomic E-state index is -0.199. The van der Waals surface area contributed by atoms with Crippen molar-refractivity contribution in [3.63, 3.8) is 0 Å². The molecule has 3 atom stereocenters. The number of methoxy groups -OCH3 is 1. The van der Waals surface area contributed by atoms with Crippen molar-refractivity contribution in [2.24, 2.45) is 0 Å². The maximum absolute atomic E-state index is 6.58. The van der Waals surface area contributed by atoms with Gasteiger partial charge in [0.05, 0.1) is 0 Å². The summed E-state index contributed by atoms with van der Waals surface area (Å²) in [6.45, 7) is 4.24. The third kappa shape index (κ3) is 3.47. The highest BCUT2D eigenvalue weighted by molar-refractivity contribution is 5.38. The van der Waals surface area contributed by atoms with Crippen LogP contribution in [0.25, 0.3) is 0 Å². The molecule has 2 aliphatic rings. The number of ether oxygens (including phenoxy) is 2. The molecule has 2 heterocycles. The first-order valence-corrected chi connectivity index (χ1v) is 9.31. The van der Waals surface area contributed by atoms with Crippen LogP contribution in [-0.2, 0) is 15.1 Å². The lowest BCUT2D eigenvalue weighted by Crippen LogP contribution is -2.52. The molecule has 2 aliphatic heterocycles. The molecule has 128 valence electrons. The quantitative estimate of drug-likeness (QED) is 0.793. The average Bonchev–Trinajstić information content (AvgIpc) is 2.61. The molecule has 1 aromatic rings. The van der Waals surface area contributed by atoms with Gasteiger partial charge in [0.2, 0.25) is 0 Å². The van der Waals surface area contributed by atoms with E-state index in [2.05, 4.69) is 36.5 Å². The molecule has 1 spiro atoms. The summed E-state index contributed by atoms with van der Waals surface area (Å²) in [5, 5.41) is 3.53. The first-order valence-electron chi connectivity index (χ1n) is 9.31. The minimum absolute atomic E-state index is 0.119. The summed E-state index contributed by atoms with van der Waals surface area (Å²) in [4.78, 5) is 0. The minimum Gasteiger partial charge on any atom is -0.355 e. The zero-order chi connectivity index (χ0) is 16.1. The van der Waals surface area contributed by atoms with Crippen molar-refractivity contribution in [1.82, 2.24) is 5.32 Å². The van der Waals surface area contributed by atoms with Gasteiger partial charge in [0, 0.05) is 19.6 Å². The summed E-state index contributed by atoms with van der Waals surface area (Å²) in [5.41, 5.74) is 2.64. The number of benzene rings is 1. The molecular formula is C20H31NO2. The fraction of sp³-hybridized carbons (Fsp3) is 0.700. The number of rotatable bonds is 6. The summed E-state index contributed by atoms with van der Waals surface area (Å²) in [7, 11) is 1.79. The lowest BCUT2D eigenvalue weighted by Gasteiger charge is -2.47. The van der Waals surface area contributed by atoms with E-state index in [4.69, 9.17) is 9.47 Å². The highest BCUT2D eigenvalue weighted by atomic mass is 16.7. The van der Waals surface area contributed by atoms with E-state index in [1.165, 1.54) is 36.8 Å². The largest absolute Gasteiger partial charge is 0.355 e. The lowest BCUT2D eigenvalue weighted by molar-refractivity contribution is -0.231. The molecular weight excluding hydrogens is 286 g/mol. The van der Waals surface area contributed by atoms with Crippen molar-refractivity contribution in [3.05, 3.63) is 35.4 Å². The average molecular weight is 317 g/mol. The number of hydrogen-bond acceptors (Lipinski definition) is 3. The van der Waals surface area contributed by atoms with Crippen LogP contribution in [0.2, 0.25) is 0 Å². The van der Waals surface area contributed by atoms with Crippen molar-refractivity contribution >= 4 is 0 Å². The third-order valence-corrected chi connectivity index (χ3v) is 5.47. The van der Waals surface area contributed by atoms with Crippen LogP contribution in [0.3, 0.4) is 0 Å². The fourth-order valence-electron chi connectivity index (χ4n) is 4.25. The summed E-state index contributed by atoms with van der Waals surface area (Å²) in [6, 6.07) is 8.89. The van der Waals surface area contributed by atoms with Crippen LogP contribution in [0.1, 0.15) is 68.9 Å². The third-order valence-electron chi connectivity index (χ3n) is 5.47. The van der Waals surface area contributed by atoms with Gasteiger partial charge in [0.15, 0.2) is 6.29 Å². The molecule has 3 heteroatoms. The zero-order valence-electron chi connectivity index (χ0n) is 14.6. The molecule has 0 aliphatic carbocycles. The summed E-state index contributed by atoms with van der Waals surface area (Å²) < 4.78 is 12.4. The van der Waals surface area contributed by atoms with Gasteiger partial charge in [0.25, 0.3) is 0 Å². The molecule has 0 radical (unpaired) electrons. The van der Waals surface area contributed by atoms with Gasteiger partial charge in [-0.05, 0) is 36.9 Å². The molecule has 0 saturated carbocycles.